The van der Waals surface area contributed by atoms with E-state index >= 15 is 0 Å². The van der Waals surface area contributed by atoms with E-state index < -0.39 is 0 Å². The second-order valence-corrected chi connectivity index (χ2v) is 6.66. The molecule has 112 valence electrons. The Morgan fingerprint density at radius 3 is 2.81 bits per heavy atom. The first-order chi connectivity index (χ1) is 9.81. The quantitative estimate of drug-likeness (QED) is 0.894. The second-order valence-electron chi connectivity index (χ2n) is 4.51. The maximum atomic E-state index is 12.0. The van der Waals surface area contributed by atoms with Gasteiger partial charge in [-0.05, 0) is 37.2 Å². The molecule has 1 atom stereocenters. The Balaban J connectivity index is 0.00000161. The van der Waals surface area contributed by atoms with Gasteiger partial charge in [-0.1, -0.05) is 23.1 Å². The topological polar surface area (TPSA) is 66.9 Å². The first-order valence-corrected chi connectivity index (χ1v) is 8.06. The molecule has 0 aliphatic carbocycles. The molecule has 1 aliphatic rings. The molecule has 1 amide bonds. The predicted molar refractivity (Wildman–Crippen MR) is 87.3 cm³/mol. The number of aromatic nitrogens is 2. The zero-order valence-electron chi connectivity index (χ0n) is 11.1. The highest BCUT2D eigenvalue weighted by Gasteiger charge is 2.22. The number of halogens is 1. The van der Waals surface area contributed by atoms with Crippen LogP contribution in [-0.2, 0) is 4.79 Å². The van der Waals surface area contributed by atoms with Crippen LogP contribution in [0.2, 0.25) is 0 Å². The lowest BCUT2D eigenvalue weighted by Gasteiger charge is -2.10. The molecular weight excluding hydrogens is 328 g/mol. The standard InChI is InChI=1S/C13H14N4OS2.ClH/c18-12(9-5-6-14-7-9)16-10-1-3-11(4-2-10)20-13-17-15-8-19-13;/h1-4,8-9,14H,5-7H2,(H,16,18);1H. The fourth-order valence-electron chi connectivity index (χ4n) is 2.04. The van der Waals surface area contributed by atoms with Crippen LogP contribution in [-0.4, -0.2) is 29.2 Å². The molecule has 0 spiro atoms. The average Bonchev–Trinajstić information content (AvgIpc) is 3.13. The van der Waals surface area contributed by atoms with Crippen molar-refractivity contribution in [2.75, 3.05) is 18.4 Å². The van der Waals surface area contributed by atoms with E-state index in [1.54, 1.807) is 17.3 Å². The number of hydrogen-bond acceptors (Lipinski definition) is 6. The fourth-order valence-corrected chi connectivity index (χ4v) is 3.49. The molecule has 21 heavy (non-hydrogen) atoms. The molecule has 1 unspecified atom stereocenters. The minimum atomic E-state index is 0. The molecule has 1 aromatic heterocycles. The van der Waals surface area contributed by atoms with E-state index in [0.29, 0.717) is 0 Å². The van der Waals surface area contributed by atoms with Gasteiger partial charge in [0, 0.05) is 17.1 Å². The van der Waals surface area contributed by atoms with Gasteiger partial charge in [-0.25, -0.2) is 0 Å². The highest BCUT2D eigenvalue weighted by atomic mass is 35.5. The number of nitrogens with zero attached hydrogens (tertiary/aromatic N) is 2. The molecule has 1 aromatic carbocycles. The average molecular weight is 343 g/mol. The molecule has 0 radical (unpaired) electrons. The third kappa shape index (κ3) is 4.41. The van der Waals surface area contributed by atoms with Crippen molar-refractivity contribution < 1.29 is 4.79 Å². The van der Waals surface area contributed by atoms with Crippen LogP contribution in [0.1, 0.15) is 6.42 Å². The van der Waals surface area contributed by atoms with Gasteiger partial charge in [0.25, 0.3) is 0 Å². The summed E-state index contributed by atoms with van der Waals surface area (Å²) in [7, 11) is 0. The minimum Gasteiger partial charge on any atom is -0.326 e. The zero-order valence-corrected chi connectivity index (χ0v) is 13.6. The normalized spacial score (nSPS) is 17.2. The summed E-state index contributed by atoms with van der Waals surface area (Å²) in [6.07, 6.45) is 0.914. The van der Waals surface area contributed by atoms with Crippen molar-refractivity contribution in [3.05, 3.63) is 29.8 Å². The van der Waals surface area contributed by atoms with Crippen molar-refractivity contribution in [3.8, 4) is 0 Å². The lowest BCUT2D eigenvalue weighted by atomic mass is 10.1. The van der Waals surface area contributed by atoms with Crippen LogP contribution < -0.4 is 10.6 Å². The van der Waals surface area contributed by atoms with Crippen LogP contribution in [0.15, 0.2) is 39.0 Å². The highest BCUT2D eigenvalue weighted by Crippen LogP contribution is 2.29. The lowest BCUT2D eigenvalue weighted by Crippen LogP contribution is -2.24. The van der Waals surface area contributed by atoms with Gasteiger partial charge in [0.2, 0.25) is 5.91 Å². The van der Waals surface area contributed by atoms with Gasteiger partial charge in [0.1, 0.15) is 5.51 Å². The number of benzene rings is 1. The van der Waals surface area contributed by atoms with E-state index in [4.69, 9.17) is 0 Å². The number of anilines is 1. The first-order valence-electron chi connectivity index (χ1n) is 6.37. The van der Waals surface area contributed by atoms with Crippen molar-refractivity contribution in [3.63, 3.8) is 0 Å². The Morgan fingerprint density at radius 2 is 2.19 bits per heavy atom. The van der Waals surface area contributed by atoms with E-state index in [1.807, 2.05) is 24.3 Å². The van der Waals surface area contributed by atoms with Crippen molar-refractivity contribution in [2.45, 2.75) is 15.7 Å². The van der Waals surface area contributed by atoms with Crippen LogP contribution in [0.25, 0.3) is 0 Å². The molecule has 5 nitrogen and oxygen atoms in total. The maximum absolute atomic E-state index is 12.0. The van der Waals surface area contributed by atoms with Crippen LogP contribution in [0.3, 0.4) is 0 Å². The summed E-state index contributed by atoms with van der Waals surface area (Å²) >= 11 is 3.08. The number of carbonyl (C=O) groups excluding carboxylic acids is 1. The molecule has 1 saturated heterocycles. The summed E-state index contributed by atoms with van der Waals surface area (Å²) in [6.45, 7) is 1.70. The predicted octanol–water partition coefficient (Wildman–Crippen LogP) is 2.66. The molecule has 8 heteroatoms. The summed E-state index contributed by atoms with van der Waals surface area (Å²) in [5, 5.41) is 13.9. The lowest BCUT2D eigenvalue weighted by molar-refractivity contribution is -0.119. The number of hydrogen-bond donors (Lipinski definition) is 2. The Labute approximate surface area is 137 Å². The summed E-state index contributed by atoms with van der Waals surface area (Å²) in [5.74, 6) is 0.185. The molecule has 2 N–H and O–H groups in total. The highest BCUT2D eigenvalue weighted by molar-refractivity contribution is 8.01. The van der Waals surface area contributed by atoms with E-state index in [-0.39, 0.29) is 24.2 Å². The van der Waals surface area contributed by atoms with Crippen LogP contribution >= 0.6 is 35.5 Å². The summed E-state index contributed by atoms with van der Waals surface area (Å²) in [5.41, 5.74) is 2.55. The van der Waals surface area contributed by atoms with Gasteiger partial charge < -0.3 is 10.6 Å². The van der Waals surface area contributed by atoms with E-state index in [1.165, 1.54) is 11.3 Å². The zero-order chi connectivity index (χ0) is 13.8. The number of amides is 1. The van der Waals surface area contributed by atoms with Crippen LogP contribution in [0, 0.1) is 5.92 Å². The molecule has 1 aliphatic heterocycles. The molecule has 3 rings (SSSR count). The molecule has 2 aromatic rings. The number of carbonyl (C=O) groups is 1. The summed E-state index contributed by atoms with van der Waals surface area (Å²) in [6, 6.07) is 7.80. The summed E-state index contributed by atoms with van der Waals surface area (Å²) < 4.78 is 0.916. The third-order valence-corrected chi connectivity index (χ3v) is 4.88. The maximum Gasteiger partial charge on any atom is 0.228 e. The Bertz CT molecular complexity index is 570. The smallest absolute Gasteiger partial charge is 0.228 e. The van der Waals surface area contributed by atoms with Crippen molar-refractivity contribution in [1.29, 1.82) is 0 Å². The SMILES string of the molecule is Cl.O=C(Nc1ccc(Sc2nncs2)cc1)C1CCNC1. The van der Waals surface area contributed by atoms with Gasteiger partial charge >= 0.3 is 0 Å². The van der Waals surface area contributed by atoms with E-state index in [0.717, 1.165) is 34.4 Å². The first kappa shape index (κ1) is 16.2. The summed E-state index contributed by atoms with van der Waals surface area (Å²) in [4.78, 5) is 13.1. The largest absolute Gasteiger partial charge is 0.326 e. The Morgan fingerprint density at radius 1 is 1.38 bits per heavy atom. The van der Waals surface area contributed by atoms with Crippen molar-refractivity contribution in [1.82, 2.24) is 15.5 Å². The van der Waals surface area contributed by atoms with Crippen molar-refractivity contribution in [2.24, 2.45) is 5.92 Å². The monoisotopic (exact) mass is 342 g/mol. The minimum absolute atomic E-state index is 0. The van der Waals surface area contributed by atoms with Gasteiger partial charge in [-0.3, -0.25) is 4.79 Å². The van der Waals surface area contributed by atoms with E-state index in [9.17, 15) is 4.79 Å². The van der Waals surface area contributed by atoms with Gasteiger partial charge in [-0.2, -0.15) is 0 Å². The number of rotatable bonds is 4. The van der Waals surface area contributed by atoms with Crippen LogP contribution in [0.5, 0.6) is 0 Å². The van der Waals surface area contributed by atoms with Crippen molar-refractivity contribution >= 4 is 47.1 Å². The second kappa shape index (κ2) is 7.74. The molecule has 1 fully saturated rings. The van der Waals surface area contributed by atoms with Gasteiger partial charge in [-0.15, -0.1) is 22.6 Å². The molecular formula is C13H15ClN4OS2. The fraction of sp³-hybridized carbons (Fsp3) is 0.308. The molecule has 0 saturated carbocycles. The van der Waals surface area contributed by atoms with E-state index in [2.05, 4.69) is 20.8 Å². The third-order valence-electron chi connectivity index (χ3n) is 3.10. The number of nitrogens with one attached hydrogen (secondary N) is 2. The Hall–Kier alpha value is -1.15. The van der Waals surface area contributed by atoms with Gasteiger partial charge in [0.05, 0.1) is 5.92 Å². The Kier molecular flexibility index (Phi) is 5.98. The van der Waals surface area contributed by atoms with Crippen LogP contribution in [0.4, 0.5) is 5.69 Å². The molecule has 2 heterocycles. The molecule has 0 bridgehead atoms. The van der Waals surface area contributed by atoms with Gasteiger partial charge in [0.15, 0.2) is 4.34 Å².